The number of anilines is 1. The summed E-state index contributed by atoms with van der Waals surface area (Å²) in [5.41, 5.74) is 16.9. The highest BCUT2D eigenvalue weighted by atomic mass is 16.5. The van der Waals surface area contributed by atoms with Crippen LogP contribution in [0.15, 0.2) is 48.1 Å². The van der Waals surface area contributed by atoms with Crippen molar-refractivity contribution in [3.05, 3.63) is 59.7 Å². The lowest BCUT2D eigenvalue weighted by Gasteiger charge is -2.43. The summed E-state index contributed by atoms with van der Waals surface area (Å²) in [5.74, 6) is 1.44. The van der Waals surface area contributed by atoms with Gasteiger partial charge in [0.2, 0.25) is 0 Å². The van der Waals surface area contributed by atoms with Crippen molar-refractivity contribution in [2.75, 3.05) is 38.8 Å². The number of allylic oxidation sites excluding steroid dienone is 1. The van der Waals surface area contributed by atoms with Gasteiger partial charge in [-0.3, -0.25) is 0 Å². The van der Waals surface area contributed by atoms with Crippen molar-refractivity contribution in [2.24, 2.45) is 16.3 Å². The largest absolute Gasteiger partial charge is 0.493 e. The molecule has 32 heavy (non-hydrogen) atoms. The maximum absolute atomic E-state index is 6.79. The number of methoxy groups -OCH3 is 2. The first-order valence-corrected chi connectivity index (χ1v) is 11.4. The maximum Gasteiger partial charge on any atom is 0.162 e. The normalized spacial score (nSPS) is 21.2. The van der Waals surface area contributed by atoms with E-state index in [-0.39, 0.29) is 11.5 Å². The average molecular weight is 433 g/mol. The molecule has 6 nitrogen and oxygen atoms in total. The van der Waals surface area contributed by atoms with E-state index in [0.717, 1.165) is 73.6 Å². The van der Waals surface area contributed by atoms with Crippen LogP contribution in [0, 0.1) is 5.41 Å². The number of piperidine rings is 1. The molecule has 2 aromatic carbocycles. The van der Waals surface area contributed by atoms with Gasteiger partial charge in [-0.15, -0.1) is 0 Å². The lowest BCUT2D eigenvalue weighted by atomic mass is 9.73. The number of nitrogens with one attached hydrogen (secondary N) is 1. The number of rotatable bonds is 5. The Hall–Kier alpha value is -2.99. The fourth-order valence-electron chi connectivity index (χ4n) is 5.63. The minimum absolute atomic E-state index is 0.111. The van der Waals surface area contributed by atoms with Gasteiger partial charge >= 0.3 is 0 Å². The summed E-state index contributed by atoms with van der Waals surface area (Å²) in [6.07, 6.45) is 4.08. The Balaban J connectivity index is 1.44. The van der Waals surface area contributed by atoms with Gasteiger partial charge in [0, 0.05) is 55.0 Å². The number of nitrogens with two attached hydrogens (primary N) is 1. The molecule has 1 saturated heterocycles. The molecule has 1 spiro atoms. The quantitative estimate of drug-likeness (QED) is 0.750. The number of nitrogens with zero attached hydrogens (tertiary/aromatic N) is 2. The summed E-state index contributed by atoms with van der Waals surface area (Å²) in [5, 5.41) is 4.45. The van der Waals surface area contributed by atoms with Crippen LogP contribution in [0.1, 0.15) is 42.0 Å². The van der Waals surface area contributed by atoms with Crippen LogP contribution in [0.4, 0.5) is 5.69 Å². The summed E-state index contributed by atoms with van der Waals surface area (Å²) >= 11 is 0. The fourth-order valence-corrected chi connectivity index (χ4v) is 5.63. The van der Waals surface area contributed by atoms with Crippen LogP contribution in [0.2, 0.25) is 0 Å². The molecule has 0 saturated carbocycles. The number of fused-ring (bicyclic) bond motifs is 1. The van der Waals surface area contributed by atoms with Crippen LogP contribution >= 0.6 is 0 Å². The number of hydrogen-bond donors (Lipinski definition) is 2. The summed E-state index contributed by atoms with van der Waals surface area (Å²) in [4.78, 5) is 2.45. The molecule has 2 aliphatic heterocycles. The predicted octanol–water partition coefficient (Wildman–Crippen LogP) is 3.91. The fraction of sp³-hybridized carbons (Fsp3) is 0.423. The molecule has 6 heteroatoms. The lowest BCUT2D eigenvalue weighted by molar-refractivity contribution is 0.187. The van der Waals surface area contributed by atoms with Gasteiger partial charge in [-0.25, -0.2) is 0 Å². The van der Waals surface area contributed by atoms with Crippen molar-refractivity contribution in [1.82, 2.24) is 5.43 Å². The Kier molecular flexibility index (Phi) is 5.33. The van der Waals surface area contributed by atoms with E-state index in [1.807, 2.05) is 6.07 Å². The molecule has 3 N–H and O–H groups in total. The number of hydrazone groups is 1. The summed E-state index contributed by atoms with van der Waals surface area (Å²) in [7, 11) is 3.35. The second-order valence-electron chi connectivity index (χ2n) is 9.12. The minimum atomic E-state index is 0.111. The van der Waals surface area contributed by atoms with Crippen molar-refractivity contribution >= 4 is 17.0 Å². The second-order valence-corrected chi connectivity index (χ2v) is 9.12. The Labute approximate surface area is 190 Å². The Morgan fingerprint density at radius 1 is 1.16 bits per heavy atom. The van der Waals surface area contributed by atoms with Gasteiger partial charge in [0.05, 0.1) is 19.9 Å². The standard InChI is InChI=1S/C26H32N4O2/c1-17(21-8-11-28-29-21)20-14-23(31-2)24(32-3)15-22(20)30-12-9-26(10-13-30)16-18-6-4-5-7-19(18)25(26)27/h4-7,14-15,25,28H,1,8-13,16,27H2,2-3H3/t25-/m1/s1. The molecule has 0 amide bonds. The minimum Gasteiger partial charge on any atom is -0.493 e. The van der Waals surface area contributed by atoms with Gasteiger partial charge in [-0.1, -0.05) is 30.8 Å². The van der Waals surface area contributed by atoms with Gasteiger partial charge in [0.15, 0.2) is 11.5 Å². The van der Waals surface area contributed by atoms with Gasteiger partial charge < -0.3 is 25.5 Å². The second kappa shape index (κ2) is 8.17. The molecule has 2 aromatic rings. The molecule has 168 valence electrons. The third-order valence-electron chi connectivity index (χ3n) is 7.56. The van der Waals surface area contributed by atoms with Crippen LogP contribution in [-0.4, -0.2) is 39.6 Å². The highest BCUT2D eigenvalue weighted by Crippen LogP contribution is 2.51. The zero-order valence-electron chi connectivity index (χ0n) is 19.0. The molecular weight excluding hydrogens is 400 g/mol. The predicted molar refractivity (Wildman–Crippen MR) is 130 cm³/mol. The molecular formula is C26H32N4O2. The van der Waals surface area contributed by atoms with E-state index in [1.165, 1.54) is 11.1 Å². The van der Waals surface area contributed by atoms with E-state index in [0.29, 0.717) is 5.75 Å². The van der Waals surface area contributed by atoms with Crippen LogP contribution in [0.5, 0.6) is 11.5 Å². The third kappa shape index (κ3) is 3.34. The van der Waals surface area contributed by atoms with Crippen LogP contribution in [0.25, 0.3) is 5.57 Å². The molecule has 0 unspecified atom stereocenters. The van der Waals surface area contributed by atoms with Gasteiger partial charge in [-0.2, -0.15) is 5.10 Å². The molecule has 1 aliphatic carbocycles. The van der Waals surface area contributed by atoms with E-state index in [9.17, 15) is 0 Å². The molecule has 0 radical (unpaired) electrons. The van der Waals surface area contributed by atoms with Crippen molar-refractivity contribution in [1.29, 1.82) is 0 Å². The van der Waals surface area contributed by atoms with Crippen molar-refractivity contribution < 1.29 is 9.47 Å². The summed E-state index contributed by atoms with van der Waals surface area (Å²) < 4.78 is 11.2. The third-order valence-corrected chi connectivity index (χ3v) is 7.56. The highest BCUT2D eigenvalue weighted by Gasteiger charge is 2.46. The molecule has 2 heterocycles. The van der Waals surface area contributed by atoms with Crippen molar-refractivity contribution in [2.45, 2.75) is 31.7 Å². The Morgan fingerprint density at radius 2 is 1.88 bits per heavy atom. The van der Waals surface area contributed by atoms with Crippen molar-refractivity contribution in [3.8, 4) is 11.5 Å². The zero-order valence-corrected chi connectivity index (χ0v) is 19.0. The molecule has 1 atom stereocenters. The highest BCUT2D eigenvalue weighted by molar-refractivity contribution is 6.25. The van der Waals surface area contributed by atoms with E-state index in [4.69, 9.17) is 15.2 Å². The van der Waals surface area contributed by atoms with Crippen LogP contribution in [-0.2, 0) is 6.42 Å². The molecule has 0 aromatic heterocycles. The van der Waals surface area contributed by atoms with Crippen LogP contribution < -0.4 is 25.5 Å². The topological polar surface area (TPSA) is 72.1 Å². The monoisotopic (exact) mass is 432 g/mol. The lowest BCUT2D eigenvalue weighted by Crippen LogP contribution is -2.44. The first kappa shape index (κ1) is 20.9. The zero-order chi connectivity index (χ0) is 22.3. The summed E-state index contributed by atoms with van der Waals surface area (Å²) in [6.45, 7) is 7.13. The SMILES string of the molecule is C=C(C1=NNCC1)c1cc(OC)c(OC)cc1N1CCC2(CC1)Cc1ccccc1[C@H]2N. The van der Waals surface area contributed by atoms with E-state index >= 15 is 0 Å². The number of benzene rings is 2. The van der Waals surface area contributed by atoms with Gasteiger partial charge in [0.1, 0.15) is 0 Å². The molecule has 1 fully saturated rings. The molecule has 3 aliphatic rings. The van der Waals surface area contributed by atoms with Crippen molar-refractivity contribution in [3.63, 3.8) is 0 Å². The first-order valence-electron chi connectivity index (χ1n) is 11.4. The van der Waals surface area contributed by atoms with Gasteiger partial charge in [-0.05, 0) is 41.9 Å². The summed E-state index contributed by atoms with van der Waals surface area (Å²) in [6, 6.07) is 12.9. The smallest absolute Gasteiger partial charge is 0.162 e. The molecule has 5 rings (SSSR count). The molecule has 0 bridgehead atoms. The van der Waals surface area contributed by atoms with E-state index in [1.54, 1.807) is 14.2 Å². The van der Waals surface area contributed by atoms with Gasteiger partial charge in [0.25, 0.3) is 0 Å². The maximum atomic E-state index is 6.79. The van der Waals surface area contributed by atoms with E-state index in [2.05, 4.69) is 52.3 Å². The van der Waals surface area contributed by atoms with Crippen LogP contribution in [0.3, 0.4) is 0 Å². The number of ether oxygens (including phenoxy) is 2. The average Bonchev–Trinajstić information content (AvgIpc) is 3.46. The first-order chi connectivity index (χ1) is 15.6. The Bertz CT molecular complexity index is 1070. The van der Waals surface area contributed by atoms with E-state index < -0.39 is 0 Å². The Morgan fingerprint density at radius 3 is 2.53 bits per heavy atom. The number of hydrogen-bond acceptors (Lipinski definition) is 6.